The molecule has 1 unspecified atom stereocenters. The average molecular weight is 398 g/mol. The summed E-state index contributed by atoms with van der Waals surface area (Å²) in [6.45, 7) is 5.34. The third kappa shape index (κ3) is 3.64. The topological polar surface area (TPSA) is 54.3 Å². The standard InChI is InChI=1S/C21H27N5OS/c1-15(28-21-23-22-19(16-7-8-16)26(21)18-9-10-18)20(27)25-13-11-24(12-14-25)17-5-3-2-4-6-17/h2-6,15-16,18H,7-14H2,1H3. The van der Waals surface area contributed by atoms with Gasteiger partial charge in [-0.3, -0.25) is 4.79 Å². The van der Waals surface area contributed by atoms with Crippen LogP contribution in [0.5, 0.6) is 0 Å². The number of carbonyl (C=O) groups is 1. The molecule has 2 saturated carbocycles. The van der Waals surface area contributed by atoms with Crippen molar-refractivity contribution in [3.63, 3.8) is 0 Å². The van der Waals surface area contributed by atoms with Gasteiger partial charge in [-0.1, -0.05) is 30.0 Å². The number of benzene rings is 1. The lowest BCUT2D eigenvalue weighted by Gasteiger charge is -2.37. The number of aromatic nitrogens is 3. The first-order valence-electron chi connectivity index (χ1n) is 10.4. The second-order valence-corrected chi connectivity index (χ2v) is 9.43. The van der Waals surface area contributed by atoms with E-state index in [2.05, 4.69) is 43.9 Å². The van der Waals surface area contributed by atoms with Crippen LogP contribution in [0.15, 0.2) is 35.5 Å². The number of amides is 1. The third-order valence-electron chi connectivity index (χ3n) is 5.89. The highest BCUT2D eigenvalue weighted by atomic mass is 32.2. The van der Waals surface area contributed by atoms with Crippen molar-refractivity contribution in [3.05, 3.63) is 36.2 Å². The zero-order valence-electron chi connectivity index (χ0n) is 16.3. The number of para-hydroxylation sites is 1. The van der Waals surface area contributed by atoms with Gasteiger partial charge in [0.25, 0.3) is 0 Å². The number of piperazine rings is 1. The van der Waals surface area contributed by atoms with E-state index in [0.29, 0.717) is 12.0 Å². The normalized spacial score (nSPS) is 21.0. The van der Waals surface area contributed by atoms with Gasteiger partial charge < -0.3 is 14.4 Å². The number of rotatable bonds is 6. The number of hydrogen-bond acceptors (Lipinski definition) is 5. The van der Waals surface area contributed by atoms with Crippen LogP contribution >= 0.6 is 11.8 Å². The Labute approximate surface area is 170 Å². The second-order valence-electron chi connectivity index (χ2n) is 8.12. The molecule has 148 valence electrons. The molecule has 7 heteroatoms. The van der Waals surface area contributed by atoms with Gasteiger partial charge in [-0.15, -0.1) is 10.2 Å². The smallest absolute Gasteiger partial charge is 0.236 e. The fourth-order valence-corrected chi connectivity index (χ4v) is 4.96. The maximum absolute atomic E-state index is 13.0. The molecule has 2 aliphatic carbocycles. The Bertz CT molecular complexity index is 838. The minimum atomic E-state index is -0.128. The van der Waals surface area contributed by atoms with Crippen LogP contribution in [0.4, 0.5) is 5.69 Å². The zero-order chi connectivity index (χ0) is 19.1. The molecule has 0 N–H and O–H groups in total. The molecule has 5 rings (SSSR count). The lowest BCUT2D eigenvalue weighted by molar-refractivity contribution is -0.130. The summed E-state index contributed by atoms with van der Waals surface area (Å²) in [6, 6.07) is 11.0. The summed E-state index contributed by atoms with van der Waals surface area (Å²) in [6.07, 6.45) is 4.90. The van der Waals surface area contributed by atoms with Crippen molar-refractivity contribution in [1.82, 2.24) is 19.7 Å². The van der Waals surface area contributed by atoms with Gasteiger partial charge in [-0.25, -0.2) is 0 Å². The quantitative estimate of drug-likeness (QED) is 0.700. The second kappa shape index (κ2) is 7.43. The highest BCUT2D eigenvalue weighted by molar-refractivity contribution is 8.00. The summed E-state index contributed by atoms with van der Waals surface area (Å²) in [4.78, 5) is 17.4. The van der Waals surface area contributed by atoms with Crippen LogP contribution in [0.2, 0.25) is 0 Å². The minimum Gasteiger partial charge on any atom is -0.368 e. The Morgan fingerprint density at radius 2 is 1.75 bits per heavy atom. The predicted molar refractivity (Wildman–Crippen MR) is 111 cm³/mol. The van der Waals surface area contributed by atoms with E-state index in [1.54, 1.807) is 11.8 Å². The van der Waals surface area contributed by atoms with Crippen LogP contribution in [-0.2, 0) is 4.79 Å². The average Bonchev–Trinajstić information content (AvgIpc) is 3.67. The van der Waals surface area contributed by atoms with Gasteiger partial charge in [0.15, 0.2) is 5.16 Å². The van der Waals surface area contributed by atoms with E-state index in [9.17, 15) is 4.79 Å². The fourth-order valence-electron chi connectivity index (χ4n) is 3.95. The van der Waals surface area contributed by atoms with E-state index < -0.39 is 0 Å². The predicted octanol–water partition coefficient (Wildman–Crippen LogP) is 3.32. The first-order valence-corrected chi connectivity index (χ1v) is 11.3. The van der Waals surface area contributed by atoms with E-state index in [0.717, 1.165) is 37.2 Å². The van der Waals surface area contributed by atoms with Crippen LogP contribution in [0, 0.1) is 0 Å². The van der Waals surface area contributed by atoms with E-state index in [1.165, 1.54) is 31.4 Å². The van der Waals surface area contributed by atoms with Gasteiger partial charge in [0, 0.05) is 43.8 Å². The molecule has 0 spiro atoms. The van der Waals surface area contributed by atoms with E-state index in [1.807, 2.05) is 17.9 Å². The molecule has 2 aromatic rings. The lowest BCUT2D eigenvalue weighted by atomic mass is 10.2. The number of thioether (sulfide) groups is 1. The molecule has 6 nitrogen and oxygen atoms in total. The molecule has 1 atom stereocenters. The highest BCUT2D eigenvalue weighted by Crippen LogP contribution is 2.46. The van der Waals surface area contributed by atoms with Crippen molar-refractivity contribution in [2.75, 3.05) is 31.1 Å². The third-order valence-corrected chi connectivity index (χ3v) is 6.93. The monoisotopic (exact) mass is 397 g/mol. The molecule has 1 aromatic carbocycles. The maximum atomic E-state index is 13.0. The Hall–Kier alpha value is -2.02. The zero-order valence-corrected chi connectivity index (χ0v) is 17.1. The van der Waals surface area contributed by atoms with Crippen molar-refractivity contribution in [1.29, 1.82) is 0 Å². The van der Waals surface area contributed by atoms with Gasteiger partial charge in [0.1, 0.15) is 5.82 Å². The molecule has 1 amide bonds. The highest BCUT2D eigenvalue weighted by Gasteiger charge is 2.37. The Morgan fingerprint density at radius 1 is 1.04 bits per heavy atom. The molecule has 28 heavy (non-hydrogen) atoms. The Morgan fingerprint density at radius 3 is 2.39 bits per heavy atom. The SMILES string of the molecule is CC(Sc1nnc(C2CC2)n1C1CC1)C(=O)N1CCN(c2ccccc2)CC1. The van der Waals surface area contributed by atoms with Crippen LogP contribution in [0.1, 0.15) is 50.4 Å². The van der Waals surface area contributed by atoms with Crippen molar-refractivity contribution >= 4 is 23.4 Å². The lowest BCUT2D eigenvalue weighted by Crippen LogP contribution is -2.50. The van der Waals surface area contributed by atoms with Gasteiger partial charge in [-0.05, 0) is 44.7 Å². The molecule has 1 saturated heterocycles. The van der Waals surface area contributed by atoms with E-state index in [-0.39, 0.29) is 11.2 Å². The maximum Gasteiger partial charge on any atom is 0.236 e. The van der Waals surface area contributed by atoms with E-state index in [4.69, 9.17) is 0 Å². The number of carbonyl (C=O) groups excluding carboxylic acids is 1. The molecule has 3 aliphatic rings. The minimum absolute atomic E-state index is 0.128. The van der Waals surface area contributed by atoms with Crippen LogP contribution in [-0.4, -0.2) is 57.0 Å². The summed E-state index contributed by atoms with van der Waals surface area (Å²) >= 11 is 1.59. The summed E-state index contributed by atoms with van der Waals surface area (Å²) in [7, 11) is 0. The van der Waals surface area contributed by atoms with Crippen LogP contribution in [0.3, 0.4) is 0 Å². The van der Waals surface area contributed by atoms with Crippen molar-refractivity contribution in [2.24, 2.45) is 0 Å². The summed E-state index contributed by atoms with van der Waals surface area (Å²) in [5.41, 5.74) is 1.24. The fraction of sp³-hybridized carbons (Fsp3) is 0.571. The Kier molecular flexibility index (Phi) is 4.78. The Balaban J connectivity index is 1.21. The van der Waals surface area contributed by atoms with Crippen LogP contribution < -0.4 is 4.90 Å². The first kappa shape index (κ1) is 18.0. The number of anilines is 1. The number of nitrogens with zero attached hydrogens (tertiary/aromatic N) is 5. The summed E-state index contributed by atoms with van der Waals surface area (Å²) in [5.74, 6) is 1.97. The molecule has 1 aromatic heterocycles. The molecule has 0 radical (unpaired) electrons. The number of hydrogen-bond donors (Lipinski definition) is 0. The summed E-state index contributed by atoms with van der Waals surface area (Å²) in [5, 5.41) is 9.73. The van der Waals surface area contributed by atoms with Crippen molar-refractivity contribution < 1.29 is 4.79 Å². The van der Waals surface area contributed by atoms with Gasteiger partial charge in [0.2, 0.25) is 5.91 Å². The van der Waals surface area contributed by atoms with Crippen molar-refractivity contribution in [2.45, 2.75) is 55.0 Å². The summed E-state index contributed by atoms with van der Waals surface area (Å²) < 4.78 is 2.33. The molecular weight excluding hydrogens is 370 g/mol. The largest absolute Gasteiger partial charge is 0.368 e. The molecule has 2 heterocycles. The van der Waals surface area contributed by atoms with Crippen molar-refractivity contribution in [3.8, 4) is 0 Å². The molecule has 3 fully saturated rings. The molecule has 0 bridgehead atoms. The first-order chi connectivity index (χ1) is 13.7. The van der Waals surface area contributed by atoms with E-state index >= 15 is 0 Å². The van der Waals surface area contributed by atoms with Gasteiger partial charge in [0.05, 0.1) is 5.25 Å². The van der Waals surface area contributed by atoms with Gasteiger partial charge >= 0.3 is 0 Å². The van der Waals surface area contributed by atoms with Gasteiger partial charge in [-0.2, -0.15) is 0 Å². The molecule has 1 aliphatic heterocycles. The van der Waals surface area contributed by atoms with Crippen LogP contribution in [0.25, 0.3) is 0 Å². The molecular formula is C21H27N5OS.